The van der Waals surface area contributed by atoms with Gasteiger partial charge < -0.3 is 5.32 Å². The minimum Gasteiger partial charge on any atom is -0.355 e. The smallest absolute Gasteiger partial charge is 0.250 e. The molecule has 2 nitrogen and oxygen atoms in total. The zero-order valence-corrected chi connectivity index (χ0v) is 7.56. The van der Waals surface area contributed by atoms with E-state index in [0.29, 0.717) is 5.57 Å². The molecule has 0 aromatic carbocycles. The van der Waals surface area contributed by atoms with Crippen LogP contribution in [-0.2, 0) is 4.79 Å². The molecule has 0 fully saturated rings. The van der Waals surface area contributed by atoms with Crippen LogP contribution in [0.3, 0.4) is 0 Å². The van der Waals surface area contributed by atoms with E-state index in [9.17, 15) is 4.79 Å². The second-order valence-electron chi connectivity index (χ2n) is 2.54. The summed E-state index contributed by atoms with van der Waals surface area (Å²) < 4.78 is 0. The monoisotopic (exact) mass is 153 g/mol. The van der Waals surface area contributed by atoms with E-state index in [1.165, 1.54) is 0 Å². The van der Waals surface area contributed by atoms with Gasteiger partial charge in [0.1, 0.15) is 0 Å². The van der Waals surface area contributed by atoms with E-state index >= 15 is 0 Å². The van der Waals surface area contributed by atoms with Crippen LogP contribution in [0.15, 0.2) is 23.3 Å². The third-order valence-electron chi connectivity index (χ3n) is 1.24. The fourth-order valence-corrected chi connectivity index (χ4v) is 0.735. The van der Waals surface area contributed by atoms with Crippen LogP contribution in [0.2, 0.25) is 0 Å². The predicted octanol–water partition coefficient (Wildman–Crippen LogP) is 1.64. The van der Waals surface area contributed by atoms with Crippen LogP contribution in [0.5, 0.6) is 0 Å². The van der Waals surface area contributed by atoms with Crippen LogP contribution in [0, 0.1) is 0 Å². The van der Waals surface area contributed by atoms with Gasteiger partial charge in [0.2, 0.25) is 0 Å². The maximum Gasteiger partial charge on any atom is 0.250 e. The maximum absolute atomic E-state index is 11.1. The standard InChI is InChI=1S/C9H15NO/c1-5-8(6-7(2)3)9(11)10-4/h5-6H,1-4H3,(H,10,11)/b8-5+. The highest BCUT2D eigenvalue weighted by molar-refractivity contribution is 5.95. The molecule has 0 aliphatic carbocycles. The van der Waals surface area contributed by atoms with Gasteiger partial charge in [-0.05, 0) is 20.8 Å². The first-order valence-corrected chi connectivity index (χ1v) is 3.65. The summed E-state index contributed by atoms with van der Waals surface area (Å²) in [6, 6.07) is 0. The van der Waals surface area contributed by atoms with Crippen molar-refractivity contribution in [3.8, 4) is 0 Å². The third kappa shape index (κ3) is 3.61. The Labute approximate surface area is 68.0 Å². The van der Waals surface area contributed by atoms with Crippen molar-refractivity contribution in [2.45, 2.75) is 20.8 Å². The zero-order chi connectivity index (χ0) is 8.85. The van der Waals surface area contributed by atoms with Crippen molar-refractivity contribution < 1.29 is 4.79 Å². The van der Waals surface area contributed by atoms with Gasteiger partial charge in [0.15, 0.2) is 0 Å². The highest BCUT2D eigenvalue weighted by Crippen LogP contribution is 2.01. The molecule has 0 aromatic rings. The number of allylic oxidation sites excluding steroid dienone is 2. The van der Waals surface area contributed by atoms with Crippen LogP contribution in [0.1, 0.15) is 20.8 Å². The Kier molecular flexibility index (Phi) is 4.27. The van der Waals surface area contributed by atoms with Crippen LogP contribution in [-0.4, -0.2) is 13.0 Å². The number of hydrogen-bond acceptors (Lipinski definition) is 1. The fourth-order valence-electron chi connectivity index (χ4n) is 0.735. The summed E-state index contributed by atoms with van der Waals surface area (Å²) in [6.45, 7) is 5.78. The highest BCUT2D eigenvalue weighted by Gasteiger charge is 2.00. The van der Waals surface area contributed by atoms with Crippen molar-refractivity contribution in [2.75, 3.05) is 7.05 Å². The van der Waals surface area contributed by atoms with E-state index in [1.807, 2.05) is 26.8 Å². The molecule has 0 rings (SSSR count). The van der Waals surface area contributed by atoms with Gasteiger partial charge in [0.05, 0.1) is 0 Å². The van der Waals surface area contributed by atoms with Crippen LogP contribution >= 0.6 is 0 Å². The normalized spacial score (nSPS) is 10.7. The van der Waals surface area contributed by atoms with E-state index in [1.54, 1.807) is 13.1 Å². The molecule has 0 saturated carbocycles. The number of carbonyl (C=O) groups is 1. The average Bonchev–Trinajstić information content (AvgIpc) is 1.98. The molecule has 0 spiro atoms. The summed E-state index contributed by atoms with van der Waals surface area (Å²) in [5.41, 5.74) is 1.84. The number of carbonyl (C=O) groups excluding carboxylic acids is 1. The topological polar surface area (TPSA) is 29.1 Å². The zero-order valence-electron chi connectivity index (χ0n) is 7.56. The minimum absolute atomic E-state index is 0.0336. The molecular weight excluding hydrogens is 138 g/mol. The van der Waals surface area contributed by atoms with Gasteiger partial charge >= 0.3 is 0 Å². The summed E-state index contributed by atoms with van der Waals surface area (Å²) >= 11 is 0. The van der Waals surface area contributed by atoms with Crippen molar-refractivity contribution in [1.29, 1.82) is 0 Å². The Bertz CT molecular complexity index is 198. The molecule has 1 N–H and O–H groups in total. The van der Waals surface area contributed by atoms with Crippen molar-refractivity contribution in [3.63, 3.8) is 0 Å². The maximum atomic E-state index is 11.1. The van der Waals surface area contributed by atoms with Crippen LogP contribution < -0.4 is 5.32 Å². The summed E-state index contributed by atoms with van der Waals surface area (Å²) in [5.74, 6) is -0.0336. The molecule has 11 heavy (non-hydrogen) atoms. The SMILES string of the molecule is C/C=C(\C=C(C)C)C(=O)NC. The van der Waals surface area contributed by atoms with E-state index < -0.39 is 0 Å². The lowest BCUT2D eigenvalue weighted by molar-refractivity contribution is -0.116. The number of nitrogens with one attached hydrogen (secondary N) is 1. The van der Waals surface area contributed by atoms with Gasteiger partial charge in [0, 0.05) is 12.6 Å². The van der Waals surface area contributed by atoms with Crippen molar-refractivity contribution in [2.24, 2.45) is 0 Å². The van der Waals surface area contributed by atoms with E-state index in [0.717, 1.165) is 5.57 Å². The Hall–Kier alpha value is -1.05. The molecule has 0 saturated heterocycles. The van der Waals surface area contributed by atoms with E-state index in [4.69, 9.17) is 0 Å². The van der Waals surface area contributed by atoms with Crippen LogP contribution in [0.25, 0.3) is 0 Å². The quantitative estimate of drug-likeness (QED) is 0.474. The lowest BCUT2D eigenvalue weighted by Crippen LogP contribution is -2.18. The first kappa shape index (κ1) is 9.95. The van der Waals surface area contributed by atoms with Crippen LogP contribution in [0.4, 0.5) is 0 Å². The van der Waals surface area contributed by atoms with E-state index in [-0.39, 0.29) is 5.91 Å². The van der Waals surface area contributed by atoms with E-state index in [2.05, 4.69) is 5.32 Å². The number of amides is 1. The van der Waals surface area contributed by atoms with Gasteiger partial charge in [-0.25, -0.2) is 0 Å². The number of hydrogen-bond donors (Lipinski definition) is 1. The molecule has 0 bridgehead atoms. The predicted molar refractivity (Wildman–Crippen MR) is 47.3 cm³/mol. The highest BCUT2D eigenvalue weighted by atomic mass is 16.1. The van der Waals surface area contributed by atoms with Gasteiger partial charge in [0.25, 0.3) is 5.91 Å². The Morgan fingerprint density at radius 1 is 1.36 bits per heavy atom. The second-order valence-corrected chi connectivity index (χ2v) is 2.54. The van der Waals surface area contributed by atoms with Gasteiger partial charge in [-0.3, -0.25) is 4.79 Å². The summed E-state index contributed by atoms with van der Waals surface area (Å²) in [7, 11) is 1.63. The molecule has 1 amide bonds. The largest absolute Gasteiger partial charge is 0.355 e. The molecule has 0 aliphatic heterocycles. The van der Waals surface area contributed by atoms with Crippen molar-refractivity contribution in [3.05, 3.63) is 23.3 Å². The Balaban J connectivity index is 4.45. The van der Waals surface area contributed by atoms with Crippen molar-refractivity contribution in [1.82, 2.24) is 5.32 Å². The van der Waals surface area contributed by atoms with Crippen molar-refractivity contribution >= 4 is 5.91 Å². The fraction of sp³-hybridized carbons (Fsp3) is 0.444. The summed E-state index contributed by atoms with van der Waals surface area (Å²) in [6.07, 6.45) is 3.66. The molecule has 0 unspecified atom stereocenters. The summed E-state index contributed by atoms with van der Waals surface area (Å²) in [5, 5.41) is 2.57. The molecule has 0 aliphatic rings. The Morgan fingerprint density at radius 2 is 1.91 bits per heavy atom. The lowest BCUT2D eigenvalue weighted by atomic mass is 10.1. The molecule has 0 radical (unpaired) electrons. The molecular formula is C9H15NO. The Morgan fingerprint density at radius 3 is 2.18 bits per heavy atom. The molecule has 0 aromatic heterocycles. The molecule has 62 valence electrons. The summed E-state index contributed by atoms with van der Waals surface area (Å²) in [4.78, 5) is 11.1. The lowest BCUT2D eigenvalue weighted by Gasteiger charge is -1.99. The second kappa shape index (κ2) is 4.72. The molecule has 0 heterocycles. The molecule has 2 heteroatoms. The molecule has 0 atom stereocenters. The number of likely N-dealkylation sites (N-methyl/N-ethyl adjacent to an activating group) is 1. The minimum atomic E-state index is -0.0336. The first-order chi connectivity index (χ1) is 5.11. The van der Waals surface area contributed by atoms with Gasteiger partial charge in [-0.1, -0.05) is 17.7 Å². The third-order valence-corrected chi connectivity index (χ3v) is 1.24. The van der Waals surface area contributed by atoms with Gasteiger partial charge in [-0.15, -0.1) is 0 Å². The average molecular weight is 153 g/mol. The first-order valence-electron chi connectivity index (χ1n) is 3.65. The number of rotatable bonds is 2. The van der Waals surface area contributed by atoms with Gasteiger partial charge in [-0.2, -0.15) is 0 Å².